The van der Waals surface area contributed by atoms with Crippen LogP contribution < -0.4 is 5.32 Å². The number of halogens is 2. The summed E-state index contributed by atoms with van der Waals surface area (Å²) in [5, 5.41) is 13.6. The van der Waals surface area contributed by atoms with Crippen molar-refractivity contribution in [3.05, 3.63) is 58.1 Å². The summed E-state index contributed by atoms with van der Waals surface area (Å²) in [6, 6.07) is 13.7. The molecule has 4 rings (SSSR count). The molecule has 0 spiro atoms. The van der Waals surface area contributed by atoms with E-state index in [9.17, 15) is 4.79 Å². The first-order chi connectivity index (χ1) is 15.5. The predicted molar refractivity (Wildman–Crippen MR) is 126 cm³/mol. The van der Waals surface area contributed by atoms with Crippen molar-refractivity contribution in [2.45, 2.75) is 25.4 Å². The highest BCUT2D eigenvalue weighted by Gasteiger charge is 2.22. The number of carboxylic acids is 1. The highest BCUT2D eigenvalue weighted by Crippen LogP contribution is 2.24. The third kappa shape index (κ3) is 6.13. The molecule has 2 N–H and O–H groups in total. The Morgan fingerprint density at radius 2 is 1.84 bits per heavy atom. The Labute approximate surface area is 196 Å². The minimum Gasteiger partial charge on any atom is -0.481 e. The summed E-state index contributed by atoms with van der Waals surface area (Å²) in [6.45, 7) is 5.21. The zero-order valence-corrected chi connectivity index (χ0v) is 19.1. The van der Waals surface area contributed by atoms with Crippen LogP contribution in [-0.2, 0) is 11.3 Å². The van der Waals surface area contributed by atoms with Gasteiger partial charge in [-0.1, -0.05) is 41.4 Å². The van der Waals surface area contributed by atoms with Gasteiger partial charge in [0.25, 0.3) is 6.01 Å². The summed E-state index contributed by atoms with van der Waals surface area (Å²) in [4.78, 5) is 20.4. The molecule has 1 saturated heterocycles. The molecule has 1 aliphatic heterocycles. The number of hydrogen-bond donors (Lipinski definition) is 2. The molecule has 0 radical (unpaired) electrons. The van der Waals surface area contributed by atoms with Gasteiger partial charge >= 0.3 is 5.97 Å². The standard InChI is InChI=1S/C23H26Cl2N4O3/c24-18-7-5-16(13-19(18)25)14-28-9-11-29(12-10-28)15-17(6-8-22(30)31)26-23-27-20-3-1-2-4-21(20)32-23/h1-5,7,13,17H,6,8-12,14-15H2,(H,26,27)(H,30,31)/t17-/m1/s1. The second kappa shape index (κ2) is 10.5. The SMILES string of the molecule is O=C(O)CC[C@H](CN1CCN(Cc2ccc(Cl)c(Cl)c2)CC1)Nc1nc2ccccc2o1. The van der Waals surface area contributed by atoms with E-state index in [2.05, 4.69) is 20.1 Å². The molecule has 0 saturated carbocycles. The Morgan fingerprint density at radius 3 is 2.56 bits per heavy atom. The fourth-order valence-corrected chi connectivity index (χ4v) is 4.27. The Bertz CT molecular complexity index is 1030. The van der Waals surface area contributed by atoms with Crippen LogP contribution in [-0.4, -0.2) is 64.6 Å². The van der Waals surface area contributed by atoms with Gasteiger partial charge in [0.1, 0.15) is 5.52 Å². The number of nitrogens with one attached hydrogen (secondary N) is 1. The van der Waals surface area contributed by atoms with Gasteiger partial charge in [-0.3, -0.25) is 14.6 Å². The Kier molecular flexibility index (Phi) is 7.52. The number of aliphatic carboxylic acids is 1. The maximum absolute atomic E-state index is 11.1. The molecule has 1 fully saturated rings. The van der Waals surface area contributed by atoms with E-state index in [0.717, 1.165) is 50.3 Å². The number of carboxylic acid groups (broad SMARTS) is 1. The number of anilines is 1. The second-order valence-corrected chi connectivity index (χ2v) is 8.90. The minimum atomic E-state index is -0.805. The zero-order valence-electron chi connectivity index (χ0n) is 17.6. The predicted octanol–water partition coefficient (Wildman–Crippen LogP) is 4.60. The van der Waals surface area contributed by atoms with Crippen LogP contribution in [0.15, 0.2) is 46.9 Å². The van der Waals surface area contributed by atoms with E-state index in [1.807, 2.05) is 42.5 Å². The van der Waals surface area contributed by atoms with Gasteiger partial charge in [-0.05, 0) is 36.2 Å². The molecule has 1 aromatic heterocycles. The molecule has 2 aromatic carbocycles. The fourth-order valence-electron chi connectivity index (χ4n) is 3.95. The Morgan fingerprint density at radius 1 is 1.09 bits per heavy atom. The summed E-state index contributed by atoms with van der Waals surface area (Å²) >= 11 is 12.1. The Balaban J connectivity index is 1.33. The number of aromatic nitrogens is 1. The molecule has 1 atom stereocenters. The fraction of sp³-hybridized carbons (Fsp3) is 0.391. The topological polar surface area (TPSA) is 81.8 Å². The lowest BCUT2D eigenvalue weighted by Crippen LogP contribution is -2.49. The molecule has 0 amide bonds. The lowest BCUT2D eigenvalue weighted by Gasteiger charge is -2.36. The van der Waals surface area contributed by atoms with Crippen molar-refractivity contribution in [3.8, 4) is 0 Å². The van der Waals surface area contributed by atoms with Gasteiger partial charge in [0, 0.05) is 51.7 Å². The average molecular weight is 477 g/mol. The molecule has 9 heteroatoms. The highest BCUT2D eigenvalue weighted by molar-refractivity contribution is 6.42. The van der Waals surface area contributed by atoms with E-state index in [1.165, 1.54) is 0 Å². The van der Waals surface area contributed by atoms with Crippen LogP contribution in [0.25, 0.3) is 11.1 Å². The zero-order chi connectivity index (χ0) is 22.5. The van der Waals surface area contributed by atoms with Crippen LogP contribution in [0, 0.1) is 0 Å². The van der Waals surface area contributed by atoms with E-state index in [-0.39, 0.29) is 12.5 Å². The normalized spacial score (nSPS) is 16.3. The van der Waals surface area contributed by atoms with E-state index in [1.54, 1.807) is 0 Å². The molecule has 0 aliphatic carbocycles. The number of oxazole rings is 1. The highest BCUT2D eigenvalue weighted by atomic mass is 35.5. The van der Waals surface area contributed by atoms with Crippen LogP contribution in [0.2, 0.25) is 10.0 Å². The molecule has 7 nitrogen and oxygen atoms in total. The number of hydrogen-bond acceptors (Lipinski definition) is 6. The average Bonchev–Trinajstić information content (AvgIpc) is 3.18. The van der Waals surface area contributed by atoms with E-state index in [0.29, 0.717) is 28.1 Å². The molecule has 0 bridgehead atoms. The van der Waals surface area contributed by atoms with Crippen molar-refractivity contribution in [1.82, 2.24) is 14.8 Å². The van der Waals surface area contributed by atoms with E-state index in [4.69, 9.17) is 32.7 Å². The van der Waals surface area contributed by atoms with Gasteiger partial charge in [0.2, 0.25) is 0 Å². The first-order valence-electron chi connectivity index (χ1n) is 10.7. The van der Waals surface area contributed by atoms with Crippen LogP contribution in [0.5, 0.6) is 0 Å². The number of rotatable bonds is 9. The van der Waals surface area contributed by atoms with Crippen molar-refractivity contribution in [1.29, 1.82) is 0 Å². The smallest absolute Gasteiger partial charge is 0.303 e. The summed E-state index contributed by atoms with van der Waals surface area (Å²) in [5.41, 5.74) is 2.63. The molecule has 170 valence electrons. The quantitative estimate of drug-likeness (QED) is 0.466. The summed E-state index contributed by atoms with van der Waals surface area (Å²) in [6.07, 6.45) is 0.590. The molecule has 2 heterocycles. The van der Waals surface area contributed by atoms with Crippen molar-refractivity contribution < 1.29 is 14.3 Å². The first kappa shape index (κ1) is 22.9. The first-order valence-corrected chi connectivity index (χ1v) is 11.4. The summed E-state index contributed by atoms with van der Waals surface area (Å²) in [7, 11) is 0. The largest absolute Gasteiger partial charge is 0.481 e. The maximum atomic E-state index is 11.1. The number of fused-ring (bicyclic) bond motifs is 1. The van der Waals surface area contributed by atoms with Crippen molar-refractivity contribution in [3.63, 3.8) is 0 Å². The molecular weight excluding hydrogens is 451 g/mol. The molecule has 1 aliphatic rings. The third-order valence-electron chi connectivity index (χ3n) is 5.66. The van der Waals surface area contributed by atoms with Crippen molar-refractivity contribution in [2.75, 3.05) is 38.0 Å². The van der Waals surface area contributed by atoms with Gasteiger partial charge < -0.3 is 14.8 Å². The minimum absolute atomic E-state index is 0.0687. The van der Waals surface area contributed by atoms with Crippen molar-refractivity contribution in [2.24, 2.45) is 0 Å². The number of benzene rings is 2. The van der Waals surface area contributed by atoms with Gasteiger partial charge in [-0.2, -0.15) is 4.98 Å². The van der Waals surface area contributed by atoms with Crippen LogP contribution in [0.1, 0.15) is 18.4 Å². The monoisotopic (exact) mass is 476 g/mol. The molecule has 3 aromatic rings. The maximum Gasteiger partial charge on any atom is 0.303 e. The third-order valence-corrected chi connectivity index (χ3v) is 6.40. The van der Waals surface area contributed by atoms with Crippen LogP contribution in [0.4, 0.5) is 6.01 Å². The second-order valence-electron chi connectivity index (χ2n) is 8.09. The molecular formula is C23H26Cl2N4O3. The van der Waals surface area contributed by atoms with Gasteiger partial charge in [-0.25, -0.2) is 0 Å². The molecule has 32 heavy (non-hydrogen) atoms. The number of nitrogens with zero attached hydrogens (tertiary/aromatic N) is 3. The Hall–Kier alpha value is -2.32. The number of carbonyl (C=O) groups is 1. The van der Waals surface area contributed by atoms with Gasteiger partial charge in [-0.15, -0.1) is 0 Å². The lowest BCUT2D eigenvalue weighted by molar-refractivity contribution is -0.137. The van der Waals surface area contributed by atoms with Crippen LogP contribution >= 0.6 is 23.2 Å². The van der Waals surface area contributed by atoms with Crippen LogP contribution in [0.3, 0.4) is 0 Å². The van der Waals surface area contributed by atoms with Crippen molar-refractivity contribution >= 4 is 46.3 Å². The summed E-state index contributed by atoms with van der Waals surface area (Å²) < 4.78 is 5.78. The lowest BCUT2D eigenvalue weighted by atomic mass is 10.1. The van der Waals surface area contributed by atoms with E-state index < -0.39 is 5.97 Å². The number of para-hydroxylation sites is 2. The summed E-state index contributed by atoms with van der Waals surface area (Å²) in [5.74, 6) is -0.805. The van der Waals surface area contributed by atoms with E-state index >= 15 is 0 Å². The van der Waals surface area contributed by atoms with Gasteiger partial charge in [0.05, 0.1) is 10.0 Å². The molecule has 0 unspecified atom stereocenters. The van der Waals surface area contributed by atoms with Gasteiger partial charge in [0.15, 0.2) is 5.58 Å². The number of piperazine rings is 1.